The van der Waals surface area contributed by atoms with Crippen molar-refractivity contribution in [1.82, 2.24) is 9.97 Å². The van der Waals surface area contributed by atoms with Gasteiger partial charge >= 0.3 is 0 Å². The number of hydrogen-bond acceptors (Lipinski definition) is 4. The predicted octanol–water partition coefficient (Wildman–Crippen LogP) is 2.07. The second-order valence-corrected chi connectivity index (χ2v) is 4.79. The second-order valence-electron chi connectivity index (χ2n) is 3.36. The Bertz CT molecular complexity index is 453. The summed E-state index contributed by atoms with van der Waals surface area (Å²) < 4.78 is 0. The Morgan fingerprint density at radius 1 is 1.33 bits per heavy atom. The zero-order chi connectivity index (χ0) is 10.7. The van der Waals surface area contributed by atoms with Crippen molar-refractivity contribution in [3.8, 4) is 0 Å². The fourth-order valence-corrected chi connectivity index (χ4v) is 2.20. The van der Waals surface area contributed by atoms with Gasteiger partial charge in [0.05, 0.1) is 5.52 Å². The molecule has 2 N–H and O–H groups in total. The molecule has 0 fully saturated rings. The van der Waals surface area contributed by atoms with Crippen LogP contribution in [0.3, 0.4) is 0 Å². The maximum absolute atomic E-state index is 5.60. The molecule has 0 amide bonds. The highest BCUT2D eigenvalue weighted by molar-refractivity contribution is 8.00. The van der Waals surface area contributed by atoms with E-state index < -0.39 is 0 Å². The molecule has 15 heavy (non-hydrogen) atoms. The summed E-state index contributed by atoms with van der Waals surface area (Å²) in [6.45, 7) is 2.75. The summed E-state index contributed by atoms with van der Waals surface area (Å²) >= 11 is 1.70. The molecule has 2 aromatic rings. The van der Waals surface area contributed by atoms with E-state index in [-0.39, 0.29) is 0 Å². The van der Waals surface area contributed by atoms with E-state index in [1.165, 1.54) is 0 Å². The first-order valence-electron chi connectivity index (χ1n) is 4.87. The molecule has 1 unspecified atom stereocenters. The van der Waals surface area contributed by atoms with E-state index in [9.17, 15) is 0 Å². The van der Waals surface area contributed by atoms with Crippen LogP contribution >= 0.6 is 11.8 Å². The minimum Gasteiger partial charge on any atom is -0.329 e. The van der Waals surface area contributed by atoms with Crippen LogP contribution in [0.2, 0.25) is 0 Å². The highest BCUT2D eigenvalue weighted by atomic mass is 32.2. The Labute approximate surface area is 93.1 Å². The van der Waals surface area contributed by atoms with Crippen LogP contribution in [-0.4, -0.2) is 21.8 Å². The quantitative estimate of drug-likeness (QED) is 0.634. The molecule has 78 valence electrons. The third-order valence-electron chi connectivity index (χ3n) is 2.15. The highest BCUT2D eigenvalue weighted by Gasteiger charge is 2.07. The van der Waals surface area contributed by atoms with Crippen LogP contribution in [0.25, 0.3) is 10.9 Å². The Kier molecular flexibility index (Phi) is 3.18. The van der Waals surface area contributed by atoms with Crippen molar-refractivity contribution >= 4 is 22.7 Å². The molecule has 1 atom stereocenters. The van der Waals surface area contributed by atoms with E-state index in [0.717, 1.165) is 15.9 Å². The van der Waals surface area contributed by atoms with Crippen LogP contribution in [-0.2, 0) is 0 Å². The summed E-state index contributed by atoms with van der Waals surface area (Å²) in [5, 5.41) is 2.49. The number of fused-ring (bicyclic) bond motifs is 1. The molecular weight excluding hydrogens is 206 g/mol. The van der Waals surface area contributed by atoms with Crippen LogP contribution in [0.4, 0.5) is 0 Å². The van der Waals surface area contributed by atoms with E-state index in [0.29, 0.717) is 11.8 Å². The van der Waals surface area contributed by atoms with Crippen molar-refractivity contribution in [3.05, 3.63) is 30.6 Å². The van der Waals surface area contributed by atoms with E-state index in [1.807, 2.05) is 24.3 Å². The van der Waals surface area contributed by atoms with Gasteiger partial charge in [-0.3, -0.25) is 0 Å². The van der Waals surface area contributed by atoms with Crippen molar-refractivity contribution in [2.24, 2.45) is 5.73 Å². The number of aromatic nitrogens is 2. The van der Waals surface area contributed by atoms with Crippen LogP contribution in [0.1, 0.15) is 6.92 Å². The van der Waals surface area contributed by atoms with E-state index in [2.05, 4.69) is 16.9 Å². The van der Waals surface area contributed by atoms with Crippen molar-refractivity contribution in [3.63, 3.8) is 0 Å². The predicted molar refractivity (Wildman–Crippen MR) is 63.9 cm³/mol. The zero-order valence-corrected chi connectivity index (χ0v) is 9.37. The zero-order valence-electron chi connectivity index (χ0n) is 8.55. The Hall–Kier alpha value is -1.13. The fraction of sp³-hybridized carbons (Fsp3) is 0.273. The summed E-state index contributed by atoms with van der Waals surface area (Å²) in [4.78, 5) is 8.51. The van der Waals surface area contributed by atoms with Gasteiger partial charge in [0.25, 0.3) is 0 Å². The standard InChI is InChI=1S/C11H13N3S/c1-8(6-12)15-11-9-4-2-3-5-10(9)13-7-14-11/h2-5,7-8H,6,12H2,1H3. The van der Waals surface area contributed by atoms with Crippen molar-refractivity contribution in [2.45, 2.75) is 17.2 Å². The number of thioether (sulfide) groups is 1. The normalized spacial score (nSPS) is 12.9. The lowest BCUT2D eigenvalue weighted by atomic mass is 10.2. The molecule has 0 bridgehead atoms. The molecule has 1 aromatic carbocycles. The molecule has 3 nitrogen and oxygen atoms in total. The molecule has 0 aliphatic rings. The molecule has 0 aliphatic carbocycles. The molecule has 0 spiro atoms. The van der Waals surface area contributed by atoms with Crippen LogP contribution in [0, 0.1) is 0 Å². The maximum Gasteiger partial charge on any atom is 0.117 e. The molecule has 0 aliphatic heterocycles. The lowest BCUT2D eigenvalue weighted by molar-refractivity contribution is 0.945. The molecular formula is C11H13N3S. The molecule has 4 heteroatoms. The average Bonchev–Trinajstić information content (AvgIpc) is 2.29. The van der Waals surface area contributed by atoms with Crippen molar-refractivity contribution in [1.29, 1.82) is 0 Å². The molecule has 2 rings (SSSR count). The highest BCUT2D eigenvalue weighted by Crippen LogP contribution is 2.26. The third-order valence-corrected chi connectivity index (χ3v) is 3.29. The van der Waals surface area contributed by atoms with Crippen molar-refractivity contribution in [2.75, 3.05) is 6.54 Å². The molecule has 0 saturated carbocycles. The number of nitrogens with zero attached hydrogens (tertiary/aromatic N) is 2. The van der Waals surface area contributed by atoms with Gasteiger partial charge in [-0.2, -0.15) is 0 Å². The molecule has 1 heterocycles. The van der Waals surface area contributed by atoms with Gasteiger partial charge in [-0.15, -0.1) is 11.8 Å². The summed E-state index contributed by atoms with van der Waals surface area (Å²) in [7, 11) is 0. The summed E-state index contributed by atoms with van der Waals surface area (Å²) in [6.07, 6.45) is 1.61. The van der Waals surface area contributed by atoms with Crippen molar-refractivity contribution < 1.29 is 0 Å². The number of hydrogen-bond donors (Lipinski definition) is 1. The first-order valence-corrected chi connectivity index (χ1v) is 5.75. The Morgan fingerprint density at radius 3 is 2.93 bits per heavy atom. The smallest absolute Gasteiger partial charge is 0.117 e. The first kappa shape index (κ1) is 10.4. The summed E-state index contributed by atoms with van der Waals surface area (Å²) in [6, 6.07) is 8.02. The average molecular weight is 219 g/mol. The second kappa shape index (κ2) is 4.59. The van der Waals surface area contributed by atoms with E-state index in [1.54, 1.807) is 18.1 Å². The van der Waals surface area contributed by atoms with Crippen LogP contribution in [0.5, 0.6) is 0 Å². The number of rotatable bonds is 3. The first-order chi connectivity index (χ1) is 7.31. The van der Waals surface area contributed by atoms with Gasteiger partial charge in [0.1, 0.15) is 11.4 Å². The maximum atomic E-state index is 5.60. The fourth-order valence-electron chi connectivity index (χ4n) is 1.31. The van der Waals surface area contributed by atoms with E-state index >= 15 is 0 Å². The Morgan fingerprint density at radius 2 is 2.13 bits per heavy atom. The van der Waals surface area contributed by atoms with Crippen LogP contribution < -0.4 is 5.73 Å². The molecule has 1 aromatic heterocycles. The SMILES string of the molecule is CC(CN)Sc1ncnc2ccccc12. The monoisotopic (exact) mass is 219 g/mol. The number of benzene rings is 1. The third kappa shape index (κ3) is 2.27. The van der Waals surface area contributed by atoms with E-state index in [4.69, 9.17) is 5.73 Å². The summed E-state index contributed by atoms with van der Waals surface area (Å²) in [5.41, 5.74) is 6.59. The summed E-state index contributed by atoms with van der Waals surface area (Å²) in [5.74, 6) is 0. The number of nitrogens with two attached hydrogens (primary N) is 1. The van der Waals surface area contributed by atoms with Gasteiger partial charge in [0, 0.05) is 17.2 Å². The van der Waals surface area contributed by atoms with Gasteiger partial charge in [-0.05, 0) is 6.07 Å². The molecule has 0 saturated heterocycles. The van der Waals surface area contributed by atoms with Gasteiger partial charge in [0.15, 0.2) is 0 Å². The van der Waals surface area contributed by atoms with Gasteiger partial charge in [-0.25, -0.2) is 9.97 Å². The van der Waals surface area contributed by atoms with Gasteiger partial charge in [0.2, 0.25) is 0 Å². The largest absolute Gasteiger partial charge is 0.329 e. The lowest BCUT2D eigenvalue weighted by Crippen LogP contribution is -2.12. The number of para-hydroxylation sites is 1. The lowest BCUT2D eigenvalue weighted by Gasteiger charge is -2.08. The van der Waals surface area contributed by atoms with Gasteiger partial charge in [-0.1, -0.05) is 25.1 Å². The minimum atomic E-state index is 0.378. The molecule has 0 radical (unpaired) electrons. The Balaban J connectivity index is 2.42. The van der Waals surface area contributed by atoms with Gasteiger partial charge < -0.3 is 5.73 Å². The minimum absolute atomic E-state index is 0.378. The van der Waals surface area contributed by atoms with Crippen LogP contribution in [0.15, 0.2) is 35.6 Å². The topological polar surface area (TPSA) is 51.8 Å².